The average molecular weight is 373 g/mol. The molecule has 0 bridgehead atoms. The second-order valence-electron chi connectivity index (χ2n) is 6.65. The monoisotopic (exact) mass is 373 g/mol. The number of hydrazone groups is 1. The van der Waals surface area contributed by atoms with Crippen LogP contribution in [0.2, 0.25) is 0 Å². The number of hydrogen-bond acceptors (Lipinski definition) is 7. The van der Waals surface area contributed by atoms with Gasteiger partial charge in [0.1, 0.15) is 17.8 Å². The number of aryl methyl sites for hydroxylation is 1. The molecule has 2 aliphatic heterocycles. The molecule has 1 aromatic rings. The highest BCUT2D eigenvalue weighted by molar-refractivity contribution is 6.38. The Morgan fingerprint density at radius 1 is 1.07 bits per heavy atom. The van der Waals surface area contributed by atoms with Crippen molar-refractivity contribution in [2.75, 3.05) is 25.8 Å². The molecular weight excluding hydrogens is 350 g/mol. The molecule has 8 nitrogen and oxygen atoms in total. The highest BCUT2D eigenvalue weighted by Crippen LogP contribution is 2.29. The number of rotatable bonds is 4. The summed E-state index contributed by atoms with van der Waals surface area (Å²) in [6.45, 7) is 2.44. The second-order valence-corrected chi connectivity index (χ2v) is 6.65. The number of likely N-dealkylation sites (tertiary alicyclic amines) is 1. The minimum atomic E-state index is -0.702. The molecule has 2 atom stereocenters. The number of benzene rings is 1. The van der Waals surface area contributed by atoms with E-state index in [0.29, 0.717) is 18.7 Å². The Hall–Kier alpha value is -2.90. The van der Waals surface area contributed by atoms with E-state index in [4.69, 9.17) is 9.47 Å². The van der Waals surface area contributed by atoms with Crippen LogP contribution in [-0.2, 0) is 23.9 Å². The summed E-state index contributed by atoms with van der Waals surface area (Å²) in [5.41, 5.74) is 1.96. The summed E-state index contributed by atoms with van der Waals surface area (Å²) in [5, 5.41) is 5.88. The lowest BCUT2D eigenvalue weighted by Gasteiger charge is -2.29. The van der Waals surface area contributed by atoms with E-state index in [1.807, 2.05) is 31.2 Å². The van der Waals surface area contributed by atoms with Crippen LogP contribution in [0.15, 0.2) is 29.4 Å². The molecule has 2 heterocycles. The first-order chi connectivity index (χ1) is 13.0. The summed E-state index contributed by atoms with van der Waals surface area (Å²) in [4.78, 5) is 38.8. The quantitative estimate of drug-likeness (QED) is 0.739. The number of anilines is 1. The van der Waals surface area contributed by atoms with Gasteiger partial charge in [-0.15, -0.1) is 0 Å². The molecule has 1 aromatic carbocycles. The van der Waals surface area contributed by atoms with Crippen LogP contribution in [0.25, 0.3) is 0 Å². The fraction of sp³-hybridized carbons (Fsp3) is 0.474. The smallest absolute Gasteiger partial charge is 0.354 e. The van der Waals surface area contributed by atoms with Gasteiger partial charge >= 0.3 is 11.9 Å². The number of ether oxygens (including phenoxy) is 2. The molecular formula is C19H23N3O5. The number of nitrogens with zero attached hydrogens (tertiary/aromatic N) is 3. The molecule has 8 heteroatoms. The number of methoxy groups -OCH3 is 2. The number of carbonyl (C=O) groups excluding carboxylic acids is 3. The molecule has 0 saturated carbocycles. The predicted molar refractivity (Wildman–Crippen MR) is 98.3 cm³/mol. The van der Waals surface area contributed by atoms with Crippen LogP contribution in [0.1, 0.15) is 24.8 Å². The molecule has 0 spiro atoms. The first kappa shape index (κ1) is 18.9. The average Bonchev–Trinajstić information content (AvgIpc) is 3.34. The third kappa shape index (κ3) is 3.65. The van der Waals surface area contributed by atoms with Crippen molar-refractivity contribution in [3.8, 4) is 0 Å². The van der Waals surface area contributed by atoms with Crippen molar-refractivity contribution in [2.24, 2.45) is 5.10 Å². The van der Waals surface area contributed by atoms with Crippen LogP contribution in [0.5, 0.6) is 0 Å². The molecule has 27 heavy (non-hydrogen) atoms. The van der Waals surface area contributed by atoms with Crippen molar-refractivity contribution >= 4 is 29.2 Å². The van der Waals surface area contributed by atoms with E-state index in [1.165, 1.54) is 19.1 Å². The van der Waals surface area contributed by atoms with Crippen molar-refractivity contribution in [3.05, 3.63) is 29.8 Å². The van der Waals surface area contributed by atoms with Gasteiger partial charge < -0.3 is 14.4 Å². The standard InChI is InChI=1S/C19H23N3O5/c1-12-6-8-13(9-7-12)22-16(11-14(20-22)18(24)26-2)17(23)21-10-4-5-15(21)19(25)27-3/h6-9,15-16H,4-5,10-11H2,1-3H3/t15-,16+/m1/s1. The van der Waals surface area contributed by atoms with Crippen LogP contribution in [-0.4, -0.2) is 61.3 Å². The van der Waals surface area contributed by atoms with Crippen molar-refractivity contribution in [1.82, 2.24) is 4.90 Å². The third-order valence-electron chi connectivity index (χ3n) is 4.92. The number of carbonyl (C=O) groups is 3. The Bertz CT molecular complexity index is 774. The van der Waals surface area contributed by atoms with Gasteiger partial charge in [0, 0.05) is 13.0 Å². The zero-order chi connectivity index (χ0) is 19.6. The largest absolute Gasteiger partial charge is 0.467 e. The van der Waals surface area contributed by atoms with Gasteiger partial charge in [-0.25, -0.2) is 9.59 Å². The minimum Gasteiger partial charge on any atom is -0.467 e. The Labute approximate surface area is 157 Å². The van der Waals surface area contributed by atoms with Crippen LogP contribution >= 0.6 is 0 Å². The van der Waals surface area contributed by atoms with E-state index in [1.54, 1.807) is 5.01 Å². The molecule has 0 radical (unpaired) electrons. The van der Waals surface area contributed by atoms with Gasteiger partial charge in [0.05, 0.1) is 19.9 Å². The topological polar surface area (TPSA) is 88.5 Å². The highest BCUT2D eigenvalue weighted by Gasteiger charge is 2.43. The van der Waals surface area contributed by atoms with E-state index in [9.17, 15) is 14.4 Å². The van der Waals surface area contributed by atoms with E-state index >= 15 is 0 Å². The van der Waals surface area contributed by atoms with E-state index in [2.05, 4.69) is 5.10 Å². The van der Waals surface area contributed by atoms with Gasteiger partial charge in [0.25, 0.3) is 0 Å². The maximum atomic E-state index is 13.2. The van der Waals surface area contributed by atoms with Gasteiger partial charge in [0.15, 0.2) is 0 Å². The maximum Gasteiger partial charge on any atom is 0.354 e. The number of hydrogen-bond donors (Lipinski definition) is 0. The number of esters is 2. The predicted octanol–water partition coefficient (Wildman–Crippen LogP) is 1.27. The van der Waals surface area contributed by atoms with E-state index < -0.39 is 24.0 Å². The summed E-state index contributed by atoms with van der Waals surface area (Å²) in [5.74, 6) is -1.23. The molecule has 0 aliphatic carbocycles. The van der Waals surface area contributed by atoms with Crippen molar-refractivity contribution < 1.29 is 23.9 Å². The fourth-order valence-corrected chi connectivity index (χ4v) is 3.48. The summed E-state index contributed by atoms with van der Waals surface area (Å²) < 4.78 is 9.60. The Morgan fingerprint density at radius 2 is 1.78 bits per heavy atom. The zero-order valence-corrected chi connectivity index (χ0v) is 15.7. The molecule has 0 N–H and O–H groups in total. The molecule has 1 saturated heterocycles. The van der Waals surface area contributed by atoms with Crippen molar-refractivity contribution in [3.63, 3.8) is 0 Å². The SMILES string of the molecule is COC(=O)C1=NN(c2ccc(C)cc2)[C@H](C(=O)N2CCC[C@@H]2C(=O)OC)C1. The third-order valence-corrected chi connectivity index (χ3v) is 4.92. The van der Waals surface area contributed by atoms with Gasteiger partial charge in [-0.2, -0.15) is 5.10 Å². The molecule has 3 rings (SSSR count). The van der Waals surface area contributed by atoms with Gasteiger partial charge in [-0.05, 0) is 31.9 Å². The molecule has 0 unspecified atom stereocenters. The van der Waals surface area contributed by atoms with Crippen molar-refractivity contribution in [2.45, 2.75) is 38.3 Å². The maximum absolute atomic E-state index is 13.2. The zero-order valence-electron chi connectivity index (χ0n) is 15.7. The normalized spacial score (nSPS) is 21.8. The van der Waals surface area contributed by atoms with Gasteiger partial charge in [0.2, 0.25) is 5.91 Å². The first-order valence-corrected chi connectivity index (χ1v) is 8.86. The lowest BCUT2D eigenvalue weighted by molar-refractivity contribution is -0.151. The summed E-state index contributed by atoms with van der Waals surface area (Å²) >= 11 is 0. The molecule has 0 aromatic heterocycles. The summed E-state index contributed by atoms with van der Waals surface area (Å²) in [7, 11) is 2.60. The first-order valence-electron chi connectivity index (χ1n) is 8.86. The van der Waals surface area contributed by atoms with Crippen molar-refractivity contribution in [1.29, 1.82) is 0 Å². The van der Waals surface area contributed by atoms with Gasteiger partial charge in [-0.3, -0.25) is 9.80 Å². The summed E-state index contributed by atoms with van der Waals surface area (Å²) in [6, 6.07) is 6.23. The van der Waals surface area contributed by atoms with Crippen LogP contribution in [0.3, 0.4) is 0 Å². The van der Waals surface area contributed by atoms with Crippen LogP contribution < -0.4 is 5.01 Å². The molecule has 1 fully saturated rings. The Kier molecular flexibility index (Phi) is 5.43. The lowest BCUT2D eigenvalue weighted by Crippen LogP contribution is -2.49. The van der Waals surface area contributed by atoms with Crippen LogP contribution in [0.4, 0.5) is 5.69 Å². The van der Waals surface area contributed by atoms with Gasteiger partial charge in [-0.1, -0.05) is 17.7 Å². The molecule has 1 amide bonds. The Morgan fingerprint density at radius 3 is 2.41 bits per heavy atom. The number of amides is 1. The highest BCUT2D eigenvalue weighted by atomic mass is 16.5. The summed E-state index contributed by atoms with van der Waals surface area (Å²) in [6.07, 6.45) is 1.43. The van der Waals surface area contributed by atoms with E-state index in [-0.39, 0.29) is 18.0 Å². The minimum absolute atomic E-state index is 0.129. The fourth-order valence-electron chi connectivity index (χ4n) is 3.48. The second kappa shape index (κ2) is 7.77. The van der Waals surface area contributed by atoms with E-state index in [0.717, 1.165) is 12.0 Å². The molecule has 2 aliphatic rings. The lowest BCUT2D eigenvalue weighted by atomic mass is 10.1. The van der Waals surface area contributed by atoms with Crippen LogP contribution in [0, 0.1) is 6.92 Å². The molecule has 144 valence electrons. The Balaban J connectivity index is 1.89.